The van der Waals surface area contributed by atoms with Crippen LogP contribution in [0.5, 0.6) is 0 Å². The zero-order valence-corrected chi connectivity index (χ0v) is 16.0. The Morgan fingerprint density at radius 2 is 1.72 bits per heavy atom. The molecule has 0 aliphatic carbocycles. The van der Waals surface area contributed by atoms with E-state index in [1.54, 1.807) is 0 Å². The van der Waals surface area contributed by atoms with Gasteiger partial charge in [-0.2, -0.15) is 9.40 Å². The molecule has 0 saturated carbocycles. The van der Waals surface area contributed by atoms with Crippen molar-refractivity contribution in [3.63, 3.8) is 0 Å². The third-order valence-electron chi connectivity index (χ3n) is 4.35. The highest BCUT2D eigenvalue weighted by Gasteiger charge is 2.31. The molecule has 3 rings (SSSR count). The quantitative estimate of drug-likeness (QED) is 0.634. The molecule has 1 aromatic carbocycles. The third-order valence-corrected chi connectivity index (χ3v) is 6.30. The molecule has 29 heavy (non-hydrogen) atoms. The zero-order valence-electron chi connectivity index (χ0n) is 15.2. The van der Waals surface area contributed by atoms with E-state index >= 15 is 0 Å². The standard InChI is InChI=1S/C16H18F3N5O4S/c1-23-14(29(27,28)24-4-2-10(25)3-5-24)8-13(22-23)21-16(26)20-9-6-11(17)15(19)12(18)7-9/h6-8,10,25H,2-5H2,1H3,(H2,20,21,22,26). The van der Waals surface area contributed by atoms with E-state index in [-0.39, 0.29) is 29.6 Å². The minimum absolute atomic E-state index is 0.122. The van der Waals surface area contributed by atoms with E-state index in [1.807, 2.05) is 0 Å². The fourth-order valence-corrected chi connectivity index (χ4v) is 4.47. The molecule has 1 fully saturated rings. The molecule has 1 saturated heterocycles. The number of halogens is 3. The number of hydrogen-bond donors (Lipinski definition) is 3. The molecule has 0 radical (unpaired) electrons. The van der Waals surface area contributed by atoms with Crippen molar-refractivity contribution in [1.82, 2.24) is 14.1 Å². The molecule has 0 atom stereocenters. The van der Waals surface area contributed by atoms with Crippen molar-refractivity contribution in [2.75, 3.05) is 23.7 Å². The van der Waals surface area contributed by atoms with Gasteiger partial charge in [0.25, 0.3) is 10.0 Å². The van der Waals surface area contributed by atoms with Crippen LogP contribution >= 0.6 is 0 Å². The summed E-state index contributed by atoms with van der Waals surface area (Å²) in [7, 11) is -2.52. The Hall–Kier alpha value is -2.64. The summed E-state index contributed by atoms with van der Waals surface area (Å²) in [5.74, 6) is -4.74. The van der Waals surface area contributed by atoms with Gasteiger partial charge >= 0.3 is 6.03 Å². The lowest BCUT2D eigenvalue weighted by atomic mass is 10.1. The van der Waals surface area contributed by atoms with Crippen LogP contribution in [0.4, 0.5) is 29.5 Å². The molecule has 2 aromatic rings. The first kappa shape index (κ1) is 21.1. The highest BCUT2D eigenvalue weighted by molar-refractivity contribution is 7.89. The number of anilines is 2. The molecule has 9 nitrogen and oxygen atoms in total. The van der Waals surface area contributed by atoms with Gasteiger partial charge < -0.3 is 10.4 Å². The average Bonchev–Trinajstić information content (AvgIpc) is 3.00. The van der Waals surface area contributed by atoms with Gasteiger partial charge in [0, 0.05) is 44.0 Å². The van der Waals surface area contributed by atoms with Crippen molar-refractivity contribution in [2.24, 2.45) is 7.05 Å². The van der Waals surface area contributed by atoms with E-state index in [1.165, 1.54) is 11.4 Å². The molecule has 158 valence electrons. The Balaban J connectivity index is 1.72. The summed E-state index contributed by atoms with van der Waals surface area (Å²) in [4.78, 5) is 12.0. The third kappa shape index (κ3) is 4.52. The largest absolute Gasteiger partial charge is 0.393 e. The maximum absolute atomic E-state index is 13.2. The number of carbonyl (C=O) groups excluding carboxylic acids is 1. The first-order valence-electron chi connectivity index (χ1n) is 8.52. The molecule has 1 aliphatic rings. The molecule has 0 bridgehead atoms. The van der Waals surface area contributed by atoms with Gasteiger partial charge in [-0.1, -0.05) is 0 Å². The Morgan fingerprint density at radius 1 is 1.14 bits per heavy atom. The van der Waals surface area contributed by atoms with Crippen molar-refractivity contribution >= 4 is 27.6 Å². The number of aliphatic hydroxyl groups is 1. The van der Waals surface area contributed by atoms with Gasteiger partial charge in [-0.05, 0) is 12.8 Å². The number of sulfonamides is 1. The van der Waals surface area contributed by atoms with E-state index in [4.69, 9.17) is 0 Å². The van der Waals surface area contributed by atoms with Crippen LogP contribution in [0.1, 0.15) is 12.8 Å². The van der Waals surface area contributed by atoms with E-state index in [0.717, 1.165) is 10.7 Å². The fraction of sp³-hybridized carbons (Fsp3) is 0.375. The van der Waals surface area contributed by atoms with E-state index in [0.29, 0.717) is 25.0 Å². The normalized spacial score (nSPS) is 16.0. The average molecular weight is 433 g/mol. The number of piperidine rings is 1. The van der Waals surface area contributed by atoms with Crippen LogP contribution in [0.2, 0.25) is 0 Å². The van der Waals surface area contributed by atoms with Crippen molar-refractivity contribution < 1.29 is 31.5 Å². The molecule has 1 aromatic heterocycles. The molecule has 0 unspecified atom stereocenters. The predicted octanol–water partition coefficient (Wildman–Crippen LogP) is 1.63. The van der Waals surface area contributed by atoms with Gasteiger partial charge in [-0.25, -0.2) is 26.4 Å². The van der Waals surface area contributed by atoms with E-state index in [9.17, 15) is 31.5 Å². The maximum atomic E-state index is 13.2. The molecule has 1 aliphatic heterocycles. The van der Waals surface area contributed by atoms with Crippen molar-refractivity contribution in [2.45, 2.75) is 24.0 Å². The summed E-state index contributed by atoms with van der Waals surface area (Å²) in [6.45, 7) is 0.305. The van der Waals surface area contributed by atoms with E-state index in [2.05, 4.69) is 15.7 Å². The zero-order chi connectivity index (χ0) is 21.3. The van der Waals surface area contributed by atoms with Crippen LogP contribution in [0.3, 0.4) is 0 Å². The van der Waals surface area contributed by atoms with Gasteiger partial charge in [0.2, 0.25) is 0 Å². The Kier molecular flexibility index (Phi) is 5.82. The summed E-state index contributed by atoms with van der Waals surface area (Å²) in [6, 6.07) is 1.36. The molecular formula is C16H18F3N5O4S. The van der Waals surface area contributed by atoms with E-state index < -0.39 is 39.6 Å². The number of urea groups is 1. The topological polar surface area (TPSA) is 117 Å². The molecule has 3 N–H and O–H groups in total. The SMILES string of the molecule is Cn1nc(NC(=O)Nc2cc(F)c(F)c(F)c2)cc1S(=O)(=O)N1CCC(O)CC1. The molecule has 13 heteroatoms. The number of aliphatic hydroxyl groups excluding tert-OH is 1. The van der Waals surface area contributed by atoms with Gasteiger partial charge in [0.15, 0.2) is 28.3 Å². The lowest BCUT2D eigenvalue weighted by Crippen LogP contribution is -2.40. The Morgan fingerprint density at radius 3 is 2.31 bits per heavy atom. The minimum Gasteiger partial charge on any atom is -0.393 e. The molecule has 2 amide bonds. The second-order valence-electron chi connectivity index (χ2n) is 6.46. The lowest BCUT2D eigenvalue weighted by molar-refractivity contribution is 0.113. The van der Waals surface area contributed by atoms with Crippen LogP contribution in [-0.4, -0.2) is 52.8 Å². The number of nitrogens with one attached hydrogen (secondary N) is 2. The van der Waals surface area contributed by atoms with Gasteiger partial charge in [0.05, 0.1) is 6.10 Å². The fourth-order valence-electron chi connectivity index (χ4n) is 2.87. The number of aromatic nitrogens is 2. The predicted molar refractivity (Wildman–Crippen MR) is 96.2 cm³/mol. The van der Waals surface area contributed by atoms with Gasteiger partial charge in [0.1, 0.15) is 0 Å². The Bertz CT molecular complexity index is 1010. The molecule has 0 spiro atoms. The molecular weight excluding hydrogens is 415 g/mol. The summed E-state index contributed by atoms with van der Waals surface area (Å²) in [5.41, 5.74) is -0.338. The van der Waals surface area contributed by atoms with Gasteiger partial charge in [-0.15, -0.1) is 0 Å². The number of rotatable bonds is 4. The smallest absolute Gasteiger partial charge is 0.324 e. The Labute approximate surface area is 164 Å². The monoisotopic (exact) mass is 433 g/mol. The van der Waals surface area contributed by atoms with Crippen LogP contribution < -0.4 is 10.6 Å². The minimum atomic E-state index is -3.90. The number of benzene rings is 1. The maximum Gasteiger partial charge on any atom is 0.324 e. The summed E-state index contributed by atoms with van der Waals surface area (Å²) < 4.78 is 67.2. The van der Waals surface area contributed by atoms with Crippen molar-refractivity contribution in [3.8, 4) is 0 Å². The van der Waals surface area contributed by atoms with Crippen LogP contribution in [-0.2, 0) is 17.1 Å². The van der Waals surface area contributed by atoms with Crippen molar-refractivity contribution in [1.29, 1.82) is 0 Å². The first-order chi connectivity index (χ1) is 13.6. The number of carbonyl (C=O) groups is 1. The second-order valence-corrected chi connectivity index (χ2v) is 8.34. The molecule has 2 heterocycles. The van der Waals surface area contributed by atoms with Gasteiger partial charge in [-0.3, -0.25) is 10.00 Å². The van der Waals surface area contributed by atoms with Crippen LogP contribution in [0.15, 0.2) is 23.2 Å². The summed E-state index contributed by atoms with van der Waals surface area (Å²) >= 11 is 0. The number of hydrogen-bond acceptors (Lipinski definition) is 5. The highest BCUT2D eigenvalue weighted by atomic mass is 32.2. The van der Waals surface area contributed by atoms with Crippen LogP contribution in [0.25, 0.3) is 0 Å². The van der Waals surface area contributed by atoms with Crippen LogP contribution in [0, 0.1) is 17.5 Å². The highest BCUT2D eigenvalue weighted by Crippen LogP contribution is 2.23. The number of aryl methyl sites for hydroxylation is 1. The number of amides is 2. The first-order valence-corrected chi connectivity index (χ1v) is 9.96. The van der Waals surface area contributed by atoms with Crippen molar-refractivity contribution in [3.05, 3.63) is 35.7 Å². The number of nitrogens with zero attached hydrogens (tertiary/aromatic N) is 3. The summed E-state index contributed by atoms with van der Waals surface area (Å²) in [6.07, 6.45) is 0.0835. The lowest BCUT2D eigenvalue weighted by Gasteiger charge is -2.28. The summed E-state index contributed by atoms with van der Waals surface area (Å²) in [5, 5.41) is 17.6. The second kappa shape index (κ2) is 8.00.